The van der Waals surface area contributed by atoms with Crippen LogP contribution in [0.15, 0.2) is 24.8 Å². The van der Waals surface area contributed by atoms with Gasteiger partial charge in [0.25, 0.3) is 0 Å². The van der Waals surface area contributed by atoms with E-state index in [1.807, 2.05) is 0 Å². The fourth-order valence-electron chi connectivity index (χ4n) is 2.70. The molecule has 0 saturated carbocycles. The van der Waals surface area contributed by atoms with Gasteiger partial charge in [-0.05, 0) is 31.1 Å². The highest BCUT2D eigenvalue weighted by Gasteiger charge is 2.18. The van der Waals surface area contributed by atoms with Gasteiger partial charge >= 0.3 is 5.97 Å². The van der Waals surface area contributed by atoms with Crippen LogP contribution in [0.4, 0.5) is 0 Å². The summed E-state index contributed by atoms with van der Waals surface area (Å²) in [5, 5.41) is 8.51. The Morgan fingerprint density at radius 2 is 1.89 bits per heavy atom. The zero-order valence-corrected chi connectivity index (χ0v) is 11.3. The van der Waals surface area contributed by atoms with Crippen molar-refractivity contribution in [3.63, 3.8) is 0 Å². The van der Waals surface area contributed by atoms with Gasteiger partial charge in [0.15, 0.2) is 0 Å². The molecule has 0 aliphatic heterocycles. The molecule has 18 heavy (non-hydrogen) atoms. The van der Waals surface area contributed by atoms with Crippen LogP contribution >= 0.6 is 0 Å². The van der Waals surface area contributed by atoms with Crippen LogP contribution in [0.25, 0.3) is 0 Å². The first-order chi connectivity index (χ1) is 8.74. The van der Waals surface area contributed by atoms with E-state index in [1.165, 1.54) is 38.5 Å². The first-order valence-electron chi connectivity index (χ1n) is 7.25. The molecular formula is C16H26O2. The molecule has 0 aromatic rings. The van der Waals surface area contributed by atoms with Crippen LogP contribution in [0, 0.1) is 11.8 Å². The van der Waals surface area contributed by atoms with Gasteiger partial charge in [0.2, 0.25) is 0 Å². The van der Waals surface area contributed by atoms with Crippen LogP contribution in [0.5, 0.6) is 0 Å². The Balaban J connectivity index is 1.90. The van der Waals surface area contributed by atoms with Crippen LogP contribution in [0.2, 0.25) is 0 Å². The van der Waals surface area contributed by atoms with E-state index in [4.69, 9.17) is 5.11 Å². The highest BCUT2D eigenvalue weighted by Crippen LogP contribution is 2.30. The lowest BCUT2D eigenvalue weighted by molar-refractivity contribution is -0.137. The van der Waals surface area contributed by atoms with E-state index < -0.39 is 5.97 Å². The largest absolute Gasteiger partial charge is 0.481 e. The van der Waals surface area contributed by atoms with Crippen LogP contribution in [0.1, 0.15) is 57.8 Å². The molecule has 1 aliphatic rings. The molecule has 0 fully saturated rings. The molecule has 1 rings (SSSR count). The quantitative estimate of drug-likeness (QED) is 0.455. The first-order valence-corrected chi connectivity index (χ1v) is 7.25. The monoisotopic (exact) mass is 250 g/mol. The summed E-state index contributed by atoms with van der Waals surface area (Å²) in [4.78, 5) is 10.3. The molecule has 1 aliphatic carbocycles. The van der Waals surface area contributed by atoms with Crippen molar-refractivity contribution in [2.45, 2.75) is 57.8 Å². The van der Waals surface area contributed by atoms with Gasteiger partial charge < -0.3 is 5.11 Å². The molecule has 0 aromatic heterocycles. The number of hydrogen-bond acceptors (Lipinski definition) is 1. The Labute approximate surface area is 111 Å². The molecular weight excluding hydrogens is 224 g/mol. The second kappa shape index (κ2) is 8.96. The molecule has 2 heteroatoms. The zero-order valence-electron chi connectivity index (χ0n) is 11.3. The predicted molar refractivity (Wildman–Crippen MR) is 75.5 cm³/mol. The van der Waals surface area contributed by atoms with E-state index >= 15 is 0 Å². The molecule has 102 valence electrons. The number of carboxylic acid groups (broad SMARTS) is 1. The van der Waals surface area contributed by atoms with Crippen LogP contribution in [-0.4, -0.2) is 11.1 Å². The number of aliphatic carboxylic acids is 1. The third-order valence-corrected chi connectivity index (χ3v) is 3.83. The van der Waals surface area contributed by atoms with E-state index in [-0.39, 0.29) is 0 Å². The Morgan fingerprint density at radius 3 is 2.56 bits per heavy atom. The molecule has 2 nitrogen and oxygen atoms in total. The number of allylic oxidation sites excluding steroid dienone is 3. The third-order valence-electron chi connectivity index (χ3n) is 3.83. The second-order valence-corrected chi connectivity index (χ2v) is 5.29. The molecule has 0 saturated heterocycles. The maximum atomic E-state index is 10.3. The van der Waals surface area contributed by atoms with Gasteiger partial charge in [-0.3, -0.25) is 4.79 Å². The fourth-order valence-corrected chi connectivity index (χ4v) is 2.70. The summed E-state index contributed by atoms with van der Waals surface area (Å²) in [6.45, 7) is 3.89. The van der Waals surface area contributed by atoms with Crippen molar-refractivity contribution in [1.29, 1.82) is 0 Å². The zero-order chi connectivity index (χ0) is 13.2. The van der Waals surface area contributed by atoms with E-state index in [0.29, 0.717) is 12.3 Å². The summed E-state index contributed by atoms with van der Waals surface area (Å²) in [5.41, 5.74) is 0. The molecule has 1 N–H and O–H groups in total. The van der Waals surface area contributed by atoms with Crippen LogP contribution in [0.3, 0.4) is 0 Å². The van der Waals surface area contributed by atoms with E-state index in [0.717, 1.165) is 18.8 Å². The van der Waals surface area contributed by atoms with E-state index in [1.54, 1.807) is 0 Å². The van der Waals surface area contributed by atoms with E-state index in [2.05, 4.69) is 24.8 Å². The second-order valence-electron chi connectivity index (χ2n) is 5.29. The summed E-state index contributed by atoms with van der Waals surface area (Å²) in [6, 6.07) is 0. The molecule has 0 radical (unpaired) electrons. The van der Waals surface area contributed by atoms with Crippen LogP contribution < -0.4 is 0 Å². The van der Waals surface area contributed by atoms with Crippen molar-refractivity contribution in [3.8, 4) is 0 Å². The topological polar surface area (TPSA) is 37.3 Å². The van der Waals surface area contributed by atoms with Gasteiger partial charge in [0, 0.05) is 6.42 Å². The lowest BCUT2D eigenvalue weighted by atomic mass is 9.90. The fraction of sp³-hybridized carbons (Fsp3) is 0.688. The highest BCUT2D eigenvalue weighted by atomic mass is 16.4. The predicted octanol–water partition coefficient (Wildman–Crippen LogP) is 4.57. The Kier molecular flexibility index (Phi) is 7.47. The molecule has 2 atom stereocenters. The number of rotatable bonds is 10. The standard InChI is InChI=1S/C16H26O2/c1-2-14-11-9-12-15(14)10-7-5-3-4-6-8-13-16(17)18/h2,9,11,14-15H,1,3-8,10,12-13H2,(H,17,18). The normalized spacial score (nSPS) is 22.2. The molecule has 0 amide bonds. The number of hydrogen-bond donors (Lipinski definition) is 1. The molecule has 0 aromatic carbocycles. The average Bonchev–Trinajstić information content (AvgIpc) is 2.79. The van der Waals surface area contributed by atoms with Crippen molar-refractivity contribution >= 4 is 5.97 Å². The van der Waals surface area contributed by atoms with Crippen LogP contribution in [-0.2, 0) is 4.79 Å². The molecule has 0 heterocycles. The number of carbonyl (C=O) groups is 1. The van der Waals surface area contributed by atoms with Gasteiger partial charge in [-0.2, -0.15) is 0 Å². The summed E-state index contributed by atoms with van der Waals surface area (Å²) in [7, 11) is 0. The minimum Gasteiger partial charge on any atom is -0.481 e. The SMILES string of the molecule is C=CC1C=CCC1CCCCCCCCC(=O)O. The summed E-state index contributed by atoms with van der Waals surface area (Å²) in [5.74, 6) is 0.717. The number of carboxylic acids is 1. The maximum absolute atomic E-state index is 10.3. The third kappa shape index (κ3) is 6.04. The Bertz CT molecular complexity index is 281. The van der Waals surface area contributed by atoms with Gasteiger partial charge in [-0.1, -0.05) is 50.3 Å². The van der Waals surface area contributed by atoms with Gasteiger partial charge in [-0.15, -0.1) is 6.58 Å². The van der Waals surface area contributed by atoms with E-state index in [9.17, 15) is 4.79 Å². The lowest BCUT2D eigenvalue weighted by Gasteiger charge is -2.15. The summed E-state index contributed by atoms with van der Waals surface area (Å²) >= 11 is 0. The molecule has 0 spiro atoms. The first kappa shape index (κ1) is 15.0. The van der Waals surface area contributed by atoms with Gasteiger partial charge in [-0.25, -0.2) is 0 Å². The highest BCUT2D eigenvalue weighted by molar-refractivity contribution is 5.66. The molecule has 2 unspecified atom stereocenters. The van der Waals surface area contributed by atoms with Gasteiger partial charge in [0.1, 0.15) is 0 Å². The maximum Gasteiger partial charge on any atom is 0.303 e. The summed E-state index contributed by atoms with van der Waals surface area (Å²) in [6.07, 6.45) is 16.4. The Morgan fingerprint density at radius 1 is 1.22 bits per heavy atom. The molecule has 0 bridgehead atoms. The minimum absolute atomic E-state index is 0.328. The van der Waals surface area contributed by atoms with Crippen molar-refractivity contribution < 1.29 is 9.90 Å². The minimum atomic E-state index is -0.667. The smallest absolute Gasteiger partial charge is 0.303 e. The van der Waals surface area contributed by atoms with Gasteiger partial charge in [0.05, 0.1) is 0 Å². The lowest BCUT2D eigenvalue weighted by Crippen LogP contribution is -2.04. The Hall–Kier alpha value is -1.05. The average molecular weight is 250 g/mol. The number of unbranched alkanes of at least 4 members (excludes halogenated alkanes) is 5. The van der Waals surface area contributed by atoms with Crippen molar-refractivity contribution in [3.05, 3.63) is 24.8 Å². The summed E-state index contributed by atoms with van der Waals surface area (Å²) < 4.78 is 0. The van der Waals surface area contributed by atoms with Crippen molar-refractivity contribution in [2.24, 2.45) is 11.8 Å². The van der Waals surface area contributed by atoms with Crippen molar-refractivity contribution in [1.82, 2.24) is 0 Å². The van der Waals surface area contributed by atoms with Crippen molar-refractivity contribution in [2.75, 3.05) is 0 Å².